The van der Waals surface area contributed by atoms with Crippen molar-refractivity contribution >= 4 is 23.2 Å². The van der Waals surface area contributed by atoms with Crippen molar-refractivity contribution in [2.75, 3.05) is 14.1 Å². The van der Waals surface area contributed by atoms with E-state index in [2.05, 4.69) is 4.98 Å². The Balaban J connectivity index is 1.82. The predicted octanol–water partition coefficient (Wildman–Crippen LogP) is 0.207. The molecule has 1 heterocycles. The van der Waals surface area contributed by atoms with Gasteiger partial charge in [-0.1, -0.05) is 12.1 Å². The van der Waals surface area contributed by atoms with Crippen LogP contribution in [-0.4, -0.2) is 78.1 Å². The lowest BCUT2D eigenvalue weighted by Gasteiger charge is -2.51. The van der Waals surface area contributed by atoms with Gasteiger partial charge in [-0.3, -0.25) is 19.3 Å². The molecule has 5 atom stereocenters. The fourth-order valence-corrected chi connectivity index (χ4v) is 6.00. The van der Waals surface area contributed by atoms with Gasteiger partial charge in [0.2, 0.25) is 5.78 Å². The number of hydrogen-bond acceptors (Lipinski definition) is 9. The number of likely N-dealkylation sites (N-methyl/N-ethyl adjacent to an activating group) is 1. The van der Waals surface area contributed by atoms with E-state index in [1.807, 2.05) is 0 Å². The molecular weight excluding hydrogens is 456 g/mol. The number of aromatic nitrogens is 2. The van der Waals surface area contributed by atoms with Crippen LogP contribution in [0.3, 0.4) is 0 Å². The van der Waals surface area contributed by atoms with Gasteiger partial charge in [-0.05, 0) is 32.1 Å². The summed E-state index contributed by atoms with van der Waals surface area (Å²) in [4.78, 5) is 44.8. The largest absolute Gasteiger partial charge is 0.508 e. The fourth-order valence-electron chi connectivity index (χ4n) is 6.00. The fraction of sp³-hybridized carbons (Fsp3) is 0.333. The predicted molar refractivity (Wildman–Crippen MR) is 121 cm³/mol. The van der Waals surface area contributed by atoms with Crippen LogP contribution in [0.4, 0.5) is 0 Å². The molecule has 3 aliphatic rings. The number of carbonyl (C=O) groups excluding carboxylic acids is 3. The monoisotopic (exact) mass is 480 g/mol. The smallest absolute Gasteiger partial charge is 0.255 e. The van der Waals surface area contributed by atoms with Gasteiger partial charge in [-0.25, -0.2) is 4.98 Å². The number of nitrogens with two attached hydrogens (primary N) is 1. The van der Waals surface area contributed by atoms with Crippen LogP contribution >= 0.6 is 0 Å². The van der Waals surface area contributed by atoms with E-state index >= 15 is 0 Å². The number of phenolic OH excluding ortho intramolecular Hbond substituents is 1. The molecule has 11 nitrogen and oxygen atoms in total. The minimum absolute atomic E-state index is 0.0162. The van der Waals surface area contributed by atoms with Crippen LogP contribution in [0, 0.1) is 11.8 Å². The van der Waals surface area contributed by atoms with Crippen LogP contribution in [0.25, 0.3) is 5.76 Å². The molecule has 1 amide bonds. The number of fused-ring (bicyclic) bond motifs is 3. The number of Topliss-reactive ketones (excluding diaryl/α,β-unsaturated/α-hetero) is 2. The number of aromatic hydroxyl groups is 1. The first-order valence-corrected chi connectivity index (χ1v) is 11.0. The van der Waals surface area contributed by atoms with E-state index in [0.717, 1.165) is 0 Å². The minimum Gasteiger partial charge on any atom is -0.508 e. The molecular formula is C24H24N4O7. The third kappa shape index (κ3) is 2.85. The van der Waals surface area contributed by atoms with E-state index in [9.17, 15) is 34.8 Å². The normalized spacial score (nSPS) is 30.3. The van der Waals surface area contributed by atoms with Crippen molar-refractivity contribution < 1.29 is 34.8 Å². The summed E-state index contributed by atoms with van der Waals surface area (Å²) >= 11 is 0. The number of phenols is 1. The average Bonchev–Trinajstić information content (AvgIpc) is 3.30. The summed E-state index contributed by atoms with van der Waals surface area (Å²) in [6.45, 7) is 0. The highest BCUT2D eigenvalue weighted by Crippen LogP contribution is 2.56. The Bertz CT molecular complexity index is 1340. The number of imidazole rings is 1. The molecule has 1 fully saturated rings. The first-order chi connectivity index (χ1) is 16.5. The van der Waals surface area contributed by atoms with Crippen LogP contribution < -0.4 is 5.73 Å². The van der Waals surface area contributed by atoms with Gasteiger partial charge in [0.15, 0.2) is 11.4 Å². The molecule has 2 aromatic rings. The molecule has 0 saturated heterocycles. The number of primary amides is 1. The highest BCUT2D eigenvalue weighted by Gasteiger charge is 2.65. The lowest BCUT2D eigenvalue weighted by Crippen LogP contribution is -2.66. The zero-order valence-corrected chi connectivity index (χ0v) is 18.9. The molecule has 11 heteroatoms. The minimum atomic E-state index is -2.69. The second kappa shape index (κ2) is 7.52. The summed E-state index contributed by atoms with van der Waals surface area (Å²) < 4.78 is 1.72. The maximum atomic E-state index is 14.0. The van der Waals surface area contributed by atoms with Gasteiger partial charge in [0.1, 0.15) is 22.8 Å². The average molecular weight is 480 g/mol. The molecule has 0 bridgehead atoms. The number of carbonyl (C=O) groups is 3. The van der Waals surface area contributed by atoms with Gasteiger partial charge in [0, 0.05) is 29.8 Å². The molecule has 0 aliphatic heterocycles. The van der Waals surface area contributed by atoms with Crippen molar-refractivity contribution in [3.05, 3.63) is 65.0 Å². The van der Waals surface area contributed by atoms with Crippen molar-refractivity contribution in [1.29, 1.82) is 0 Å². The summed E-state index contributed by atoms with van der Waals surface area (Å²) in [6, 6.07) is 2.89. The third-order valence-corrected chi connectivity index (χ3v) is 7.42. The second-order valence-corrected chi connectivity index (χ2v) is 9.36. The number of rotatable bonds is 3. The molecule has 1 saturated carbocycles. The Morgan fingerprint density at radius 1 is 1.23 bits per heavy atom. The molecule has 0 spiro atoms. The van der Waals surface area contributed by atoms with E-state index in [-0.39, 0.29) is 23.3 Å². The number of nitrogens with zero attached hydrogens (tertiary/aromatic N) is 3. The second-order valence-electron chi connectivity index (χ2n) is 9.36. The Hall–Kier alpha value is -3.96. The Morgan fingerprint density at radius 2 is 1.94 bits per heavy atom. The molecule has 0 unspecified atom stereocenters. The maximum Gasteiger partial charge on any atom is 0.255 e. The van der Waals surface area contributed by atoms with E-state index in [4.69, 9.17) is 5.73 Å². The highest BCUT2D eigenvalue weighted by molar-refractivity contribution is 6.24. The SMILES string of the molecule is CN(C)[C@@H]1C(=O)C(C(N)=O)=C(O)[C@@]2(O)C(=O)C3=C(O)c4c(O)cccc4[C@H](n4ccnc4)[C@H]3C[C@@H]12. The first kappa shape index (κ1) is 22.8. The first-order valence-electron chi connectivity index (χ1n) is 11.0. The quantitative estimate of drug-likeness (QED) is 0.384. The van der Waals surface area contributed by atoms with Crippen molar-refractivity contribution in [3.63, 3.8) is 0 Å². The van der Waals surface area contributed by atoms with Gasteiger partial charge < -0.3 is 30.7 Å². The van der Waals surface area contributed by atoms with Crippen LogP contribution in [0.1, 0.15) is 23.6 Å². The van der Waals surface area contributed by atoms with E-state index in [1.54, 1.807) is 43.2 Å². The van der Waals surface area contributed by atoms with Gasteiger partial charge >= 0.3 is 0 Å². The Kier molecular flexibility index (Phi) is 4.90. The molecule has 1 aromatic heterocycles. The van der Waals surface area contributed by atoms with Crippen LogP contribution in [0.15, 0.2) is 53.8 Å². The van der Waals surface area contributed by atoms with Gasteiger partial charge in [-0.15, -0.1) is 0 Å². The molecule has 5 rings (SSSR count). The molecule has 3 aliphatic carbocycles. The third-order valence-electron chi connectivity index (χ3n) is 7.42. The van der Waals surface area contributed by atoms with E-state index < -0.39 is 64.1 Å². The molecule has 0 radical (unpaired) electrons. The van der Waals surface area contributed by atoms with E-state index in [0.29, 0.717) is 5.56 Å². The van der Waals surface area contributed by atoms with Crippen molar-refractivity contribution in [2.24, 2.45) is 17.6 Å². The summed E-state index contributed by atoms with van der Waals surface area (Å²) in [5.41, 5.74) is 2.12. The lowest BCUT2D eigenvalue weighted by molar-refractivity contribution is -0.154. The zero-order chi connectivity index (χ0) is 25.4. The van der Waals surface area contributed by atoms with Crippen molar-refractivity contribution in [3.8, 4) is 5.75 Å². The number of aliphatic hydroxyl groups is 3. The maximum absolute atomic E-state index is 14.0. The van der Waals surface area contributed by atoms with Crippen LogP contribution in [0.5, 0.6) is 5.75 Å². The summed E-state index contributed by atoms with van der Waals surface area (Å²) in [5.74, 6) is -6.99. The number of ketones is 2. The Labute approximate surface area is 199 Å². The number of benzene rings is 1. The van der Waals surface area contributed by atoms with Crippen LogP contribution in [-0.2, 0) is 14.4 Å². The zero-order valence-electron chi connectivity index (χ0n) is 18.9. The molecule has 6 N–H and O–H groups in total. The highest BCUT2D eigenvalue weighted by atomic mass is 16.3. The molecule has 1 aromatic carbocycles. The van der Waals surface area contributed by atoms with Gasteiger partial charge in [-0.2, -0.15) is 0 Å². The lowest BCUT2D eigenvalue weighted by atomic mass is 9.56. The summed E-state index contributed by atoms with van der Waals surface area (Å²) in [7, 11) is 3.11. The number of hydrogen-bond donors (Lipinski definition) is 5. The van der Waals surface area contributed by atoms with Gasteiger partial charge in [0.25, 0.3) is 5.91 Å². The molecule has 35 heavy (non-hydrogen) atoms. The van der Waals surface area contributed by atoms with E-state index in [1.165, 1.54) is 17.3 Å². The van der Waals surface area contributed by atoms with Gasteiger partial charge in [0.05, 0.1) is 24.0 Å². The van der Waals surface area contributed by atoms with Crippen molar-refractivity contribution in [1.82, 2.24) is 14.5 Å². The summed E-state index contributed by atoms with van der Waals surface area (Å²) in [6.07, 6.45) is 4.72. The standard InChI is InChI=1S/C24H24N4O7/c1-27(2)18-12-8-11-15(21(32)24(12,35)22(33)16(20(18)31)23(25)34)19(30)14-10(4-3-5-13(14)29)17(11)28-7-6-26-9-28/h3-7,9,11-12,17-18,29-30,33,35H,8H2,1-2H3,(H2,25,34)/t11-,12-,17-,18-,24-/m0/s1. The van der Waals surface area contributed by atoms with Crippen LogP contribution in [0.2, 0.25) is 0 Å². The number of amides is 1. The summed E-state index contributed by atoms with van der Waals surface area (Å²) in [5, 5.41) is 44.4. The van der Waals surface area contributed by atoms with Crippen molar-refractivity contribution in [2.45, 2.75) is 24.1 Å². The topological polar surface area (TPSA) is 179 Å². The Morgan fingerprint density at radius 3 is 2.54 bits per heavy atom. The molecule has 182 valence electrons. The number of aliphatic hydroxyl groups excluding tert-OH is 2.